The van der Waals surface area contributed by atoms with Crippen molar-refractivity contribution >= 4 is 46.0 Å². The van der Waals surface area contributed by atoms with Gasteiger partial charge in [0, 0.05) is 12.3 Å². The van der Waals surface area contributed by atoms with Crippen molar-refractivity contribution in [1.29, 1.82) is 0 Å². The van der Waals surface area contributed by atoms with Crippen molar-refractivity contribution < 1.29 is 4.84 Å². The van der Waals surface area contributed by atoms with Crippen LogP contribution in [0.3, 0.4) is 0 Å². The highest BCUT2D eigenvalue weighted by Crippen LogP contribution is 2.33. The smallest absolute Gasteiger partial charge is 0.153 e. The number of thioether (sulfide) groups is 1. The van der Waals surface area contributed by atoms with E-state index in [0.29, 0.717) is 10.0 Å². The van der Waals surface area contributed by atoms with Gasteiger partial charge in [0.1, 0.15) is 5.82 Å². The molecule has 4 nitrogen and oxygen atoms in total. The Balaban J connectivity index is 2.62. The number of halogens is 2. The van der Waals surface area contributed by atoms with Crippen LogP contribution in [0.15, 0.2) is 12.1 Å². The van der Waals surface area contributed by atoms with E-state index in [1.165, 1.54) is 0 Å². The summed E-state index contributed by atoms with van der Waals surface area (Å²) in [6.07, 6.45) is 0. The zero-order valence-electron chi connectivity index (χ0n) is 12.3. The molecule has 0 amide bonds. The number of hydrogen-bond acceptors (Lipinski definition) is 4. The molecule has 0 bridgehead atoms. The van der Waals surface area contributed by atoms with Crippen molar-refractivity contribution in [2.24, 2.45) is 5.90 Å². The first-order valence-electron chi connectivity index (χ1n) is 6.78. The molecule has 0 aliphatic rings. The molecule has 1 heterocycles. The summed E-state index contributed by atoms with van der Waals surface area (Å²) >= 11 is 14.0. The third-order valence-corrected chi connectivity index (χ3v) is 5.31. The van der Waals surface area contributed by atoms with Crippen molar-refractivity contribution in [2.75, 3.05) is 11.5 Å². The SMILES string of the molecule is CCSCC(C)(ON)c1nc2cc(Cl)c(Cl)cc2n1CC. The van der Waals surface area contributed by atoms with Crippen LogP contribution in [-0.2, 0) is 17.0 Å². The number of rotatable bonds is 6. The largest absolute Gasteiger partial charge is 0.326 e. The van der Waals surface area contributed by atoms with Gasteiger partial charge in [0.25, 0.3) is 0 Å². The molecule has 21 heavy (non-hydrogen) atoms. The van der Waals surface area contributed by atoms with Gasteiger partial charge in [-0.3, -0.25) is 4.84 Å². The van der Waals surface area contributed by atoms with Crippen LogP contribution in [0.2, 0.25) is 10.0 Å². The lowest BCUT2D eigenvalue weighted by Gasteiger charge is -2.26. The lowest BCUT2D eigenvalue weighted by Crippen LogP contribution is -2.35. The van der Waals surface area contributed by atoms with E-state index < -0.39 is 5.60 Å². The zero-order valence-corrected chi connectivity index (χ0v) is 14.6. The van der Waals surface area contributed by atoms with Crippen LogP contribution >= 0.6 is 35.0 Å². The Kier molecular flexibility index (Phi) is 5.43. The van der Waals surface area contributed by atoms with E-state index in [0.717, 1.165) is 34.9 Å². The van der Waals surface area contributed by atoms with Crippen molar-refractivity contribution in [2.45, 2.75) is 32.9 Å². The van der Waals surface area contributed by atoms with E-state index in [1.807, 2.05) is 13.0 Å². The Morgan fingerprint density at radius 2 is 2.00 bits per heavy atom. The Morgan fingerprint density at radius 1 is 1.33 bits per heavy atom. The van der Waals surface area contributed by atoms with Crippen molar-refractivity contribution in [1.82, 2.24) is 9.55 Å². The first kappa shape index (κ1) is 16.9. The average Bonchev–Trinajstić information content (AvgIpc) is 2.83. The monoisotopic (exact) mass is 347 g/mol. The van der Waals surface area contributed by atoms with Gasteiger partial charge in [-0.05, 0) is 31.7 Å². The van der Waals surface area contributed by atoms with Crippen LogP contribution in [-0.4, -0.2) is 21.1 Å². The lowest BCUT2D eigenvalue weighted by atomic mass is 10.1. The van der Waals surface area contributed by atoms with Crippen molar-refractivity contribution in [3.05, 3.63) is 28.0 Å². The number of aromatic nitrogens is 2. The van der Waals surface area contributed by atoms with Gasteiger partial charge in [0.15, 0.2) is 5.60 Å². The van der Waals surface area contributed by atoms with Crippen LogP contribution in [0, 0.1) is 0 Å². The molecule has 0 radical (unpaired) electrons. The van der Waals surface area contributed by atoms with Gasteiger partial charge in [0.2, 0.25) is 0 Å². The molecular weight excluding hydrogens is 329 g/mol. The maximum absolute atomic E-state index is 6.12. The summed E-state index contributed by atoms with van der Waals surface area (Å²) in [7, 11) is 0. The Morgan fingerprint density at radius 3 is 2.57 bits per heavy atom. The third-order valence-electron chi connectivity index (χ3n) is 3.42. The van der Waals surface area contributed by atoms with Gasteiger partial charge in [-0.1, -0.05) is 30.1 Å². The van der Waals surface area contributed by atoms with Crippen LogP contribution in [0.1, 0.15) is 26.6 Å². The Bertz CT molecular complexity index is 647. The number of fused-ring (bicyclic) bond motifs is 1. The minimum atomic E-state index is -0.658. The predicted octanol–water partition coefficient (Wildman–Crippen LogP) is 4.22. The molecule has 116 valence electrons. The highest BCUT2D eigenvalue weighted by molar-refractivity contribution is 7.99. The molecule has 0 spiro atoms. The van der Waals surface area contributed by atoms with Gasteiger partial charge in [-0.2, -0.15) is 11.8 Å². The second-order valence-electron chi connectivity index (χ2n) is 4.92. The zero-order chi connectivity index (χ0) is 15.6. The molecule has 1 unspecified atom stereocenters. The number of nitrogens with zero attached hydrogens (tertiary/aromatic N) is 2. The summed E-state index contributed by atoms with van der Waals surface area (Å²) in [5.41, 5.74) is 1.08. The van der Waals surface area contributed by atoms with Gasteiger partial charge in [0.05, 0.1) is 21.1 Å². The van der Waals surface area contributed by atoms with Crippen LogP contribution in [0.4, 0.5) is 0 Å². The fourth-order valence-corrected chi connectivity index (χ4v) is 3.40. The normalized spacial score (nSPS) is 14.6. The van der Waals surface area contributed by atoms with E-state index in [4.69, 9.17) is 33.9 Å². The number of hydrogen-bond donors (Lipinski definition) is 1. The quantitative estimate of drug-likeness (QED) is 0.794. The van der Waals surface area contributed by atoms with Gasteiger partial charge in [-0.25, -0.2) is 10.9 Å². The molecule has 2 rings (SSSR count). The summed E-state index contributed by atoms with van der Waals surface area (Å²) in [6, 6.07) is 3.61. The Hall–Kier alpha value is -0.460. The molecule has 0 saturated carbocycles. The molecule has 1 atom stereocenters. The first-order chi connectivity index (χ1) is 9.96. The van der Waals surface area contributed by atoms with Crippen LogP contribution in [0.5, 0.6) is 0 Å². The van der Waals surface area contributed by atoms with E-state index in [-0.39, 0.29) is 0 Å². The topological polar surface area (TPSA) is 53.1 Å². The third kappa shape index (κ3) is 3.17. The highest BCUT2D eigenvalue weighted by atomic mass is 35.5. The minimum absolute atomic E-state index is 0.495. The molecular formula is C14H19Cl2N3OS. The summed E-state index contributed by atoms with van der Waals surface area (Å²) in [6.45, 7) is 6.85. The van der Waals surface area contributed by atoms with Gasteiger partial charge in [-0.15, -0.1) is 0 Å². The summed E-state index contributed by atoms with van der Waals surface area (Å²) in [5, 5.41) is 1.01. The fraction of sp³-hybridized carbons (Fsp3) is 0.500. The molecule has 0 saturated heterocycles. The number of benzene rings is 1. The van der Waals surface area contributed by atoms with E-state index >= 15 is 0 Å². The van der Waals surface area contributed by atoms with Crippen LogP contribution in [0.25, 0.3) is 11.0 Å². The average molecular weight is 348 g/mol. The maximum Gasteiger partial charge on any atom is 0.153 e. The molecule has 0 aliphatic heterocycles. The number of nitrogens with two attached hydrogens (primary N) is 1. The predicted molar refractivity (Wildman–Crippen MR) is 91.1 cm³/mol. The molecule has 2 N–H and O–H groups in total. The minimum Gasteiger partial charge on any atom is -0.326 e. The lowest BCUT2D eigenvalue weighted by molar-refractivity contribution is -0.0281. The molecule has 7 heteroatoms. The summed E-state index contributed by atoms with van der Waals surface area (Å²) in [5.74, 6) is 8.08. The summed E-state index contributed by atoms with van der Waals surface area (Å²) < 4.78 is 2.07. The van der Waals surface area contributed by atoms with E-state index in [9.17, 15) is 0 Å². The molecule has 2 aromatic rings. The van der Waals surface area contributed by atoms with Crippen molar-refractivity contribution in [3.63, 3.8) is 0 Å². The molecule has 0 aliphatic carbocycles. The fourth-order valence-electron chi connectivity index (χ4n) is 2.29. The first-order valence-corrected chi connectivity index (χ1v) is 8.69. The second kappa shape index (κ2) is 6.75. The van der Waals surface area contributed by atoms with Gasteiger partial charge >= 0.3 is 0 Å². The number of imidazole rings is 1. The standard InChI is InChI=1S/C14H19Cl2N3OS/c1-4-19-12-7-10(16)9(15)6-11(12)18-13(19)14(3,20-17)8-21-5-2/h6-7H,4-5,8,17H2,1-3H3. The highest BCUT2D eigenvalue weighted by Gasteiger charge is 2.33. The van der Waals surface area contributed by atoms with Crippen molar-refractivity contribution in [3.8, 4) is 0 Å². The maximum atomic E-state index is 6.12. The molecule has 1 aromatic heterocycles. The van der Waals surface area contributed by atoms with E-state index in [2.05, 4.69) is 23.4 Å². The summed E-state index contributed by atoms with van der Waals surface area (Å²) in [4.78, 5) is 9.97. The molecule has 1 aromatic carbocycles. The van der Waals surface area contributed by atoms with Crippen LogP contribution < -0.4 is 5.90 Å². The second-order valence-corrected chi connectivity index (χ2v) is 7.01. The Labute approximate surface area is 138 Å². The van der Waals surface area contributed by atoms with Gasteiger partial charge < -0.3 is 4.57 Å². The molecule has 0 fully saturated rings. The number of aryl methyl sites for hydroxylation is 1. The van der Waals surface area contributed by atoms with E-state index in [1.54, 1.807) is 17.8 Å².